The van der Waals surface area contributed by atoms with Gasteiger partial charge in [0.1, 0.15) is 12.1 Å². The van der Waals surface area contributed by atoms with Gasteiger partial charge in [-0.15, -0.1) is 18.8 Å². The average Bonchev–Trinajstić information content (AvgIpc) is 3.12. The predicted octanol–water partition coefficient (Wildman–Crippen LogP) is 3.81. The molecule has 1 aliphatic rings. The summed E-state index contributed by atoms with van der Waals surface area (Å²) >= 11 is 0. The molecule has 2 N–H and O–H groups in total. The molecule has 37 heavy (non-hydrogen) atoms. The summed E-state index contributed by atoms with van der Waals surface area (Å²) in [6.07, 6.45) is 6.88. The van der Waals surface area contributed by atoms with Crippen molar-refractivity contribution >= 4 is 62.3 Å². The van der Waals surface area contributed by atoms with Crippen LogP contribution in [0.4, 0.5) is 17.2 Å². The van der Waals surface area contributed by atoms with Gasteiger partial charge in [-0.25, -0.2) is 18.4 Å². The Bertz CT molecular complexity index is 1650. The molecule has 0 bridgehead atoms. The van der Waals surface area contributed by atoms with E-state index >= 15 is 0 Å². The van der Waals surface area contributed by atoms with Crippen molar-refractivity contribution in [2.45, 2.75) is 0 Å². The molecule has 0 fully saturated rings. The quantitative estimate of drug-likeness (QED) is 0.273. The molecule has 186 valence electrons. The van der Waals surface area contributed by atoms with E-state index in [0.29, 0.717) is 28.0 Å². The monoisotopic (exact) mass is 533 g/mol. The Balaban J connectivity index is 0.00000320. The maximum atomic E-state index is 12.8. The Morgan fingerprint density at radius 1 is 0.892 bits per heavy atom. The third-order valence-corrected chi connectivity index (χ3v) is 6.93. The lowest BCUT2D eigenvalue weighted by Gasteiger charge is -2.15. The molecule has 4 aromatic rings. The molecule has 0 saturated heterocycles. The number of hydrogen-bond acceptors (Lipinski definition) is 7. The highest BCUT2D eigenvalue weighted by Gasteiger charge is 2.35. The molecule has 9 nitrogen and oxygen atoms in total. The molecule has 2 amide bonds. The van der Waals surface area contributed by atoms with Crippen LogP contribution in [0.1, 0.15) is 26.3 Å². The summed E-state index contributed by atoms with van der Waals surface area (Å²) in [5, 5.41) is 3.77. The number of benzene rings is 3. The maximum absolute atomic E-state index is 12.8. The minimum atomic E-state index is -3.89. The topological polar surface area (TPSA) is 121 Å². The summed E-state index contributed by atoms with van der Waals surface area (Å²) in [6, 6.07) is 18.5. The molecular formula is C26H20ClN5O4S. The third kappa shape index (κ3) is 5.23. The molecular weight excluding hydrogens is 514 g/mol. The van der Waals surface area contributed by atoms with Gasteiger partial charge < -0.3 is 5.32 Å². The number of fused-ring (bicyclic) bond motifs is 2. The number of aromatic nitrogens is 2. The number of halogens is 1. The number of carbonyl (C=O) groups is 2. The standard InChI is InChI=1S/C26H19N5O4S.ClH/c1-2-17-6-5-7-18(14-17)29-24-22-15-19(10-11-23(22)27-16-28-24)30-36(34,35)13-12-31-25(32)20-8-3-4-9-21(20)26(31)33;/h1,3-11,14-16,30H,12-13H2,(H,27,28,29);1H. The lowest BCUT2D eigenvalue weighted by molar-refractivity contribution is 0.0664. The second kappa shape index (κ2) is 10.3. The van der Waals surface area contributed by atoms with Crippen LogP contribution in [0.3, 0.4) is 0 Å². The Labute approximate surface area is 219 Å². The molecule has 1 aliphatic heterocycles. The number of carbonyl (C=O) groups excluding carboxylic acids is 2. The van der Waals surface area contributed by atoms with Gasteiger partial charge in [-0.3, -0.25) is 19.2 Å². The fourth-order valence-electron chi connectivity index (χ4n) is 3.93. The maximum Gasteiger partial charge on any atom is 0.261 e. The van der Waals surface area contributed by atoms with Crippen molar-refractivity contribution in [2.75, 3.05) is 22.3 Å². The van der Waals surface area contributed by atoms with Gasteiger partial charge in [0.25, 0.3) is 11.8 Å². The zero-order chi connectivity index (χ0) is 25.3. The van der Waals surface area contributed by atoms with Gasteiger partial charge in [-0.1, -0.05) is 24.1 Å². The van der Waals surface area contributed by atoms with Crippen molar-refractivity contribution in [1.29, 1.82) is 0 Å². The number of nitrogens with zero attached hydrogens (tertiary/aromatic N) is 3. The van der Waals surface area contributed by atoms with Crippen molar-refractivity contribution in [2.24, 2.45) is 0 Å². The lowest BCUT2D eigenvalue weighted by atomic mass is 10.1. The van der Waals surface area contributed by atoms with Crippen molar-refractivity contribution in [3.05, 3.63) is 89.7 Å². The molecule has 0 unspecified atom stereocenters. The number of terminal acetylenes is 1. The number of anilines is 3. The first-order chi connectivity index (χ1) is 17.3. The second-order valence-corrected chi connectivity index (χ2v) is 9.87. The van der Waals surface area contributed by atoms with E-state index < -0.39 is 27.6 Å². The average molecular weight is 534 g/mol. The molecule has 3 aromatic carbocycles. The second-order valence-electron chi connectivity index (χ2n) is 8.03. The van der Waals surface area contributed by atoms with Gasteiger partial charge >= 0.3 is 0 Å². The van der Waals surface area contributed by atoms with Gasteiger partial charge in [-0.2, -0.15) is 0 Å². The predicted molar refractivity (Wildman–Crippen MR) is 144 cm³/mol. The highest BCUT2D eigenvalue weighted by molar-refractivity contribution is 7.92. The number of rotatable bonds is 7. The zero-order valence-electron chi connectivity index (χ0n) is 19.2. The van der Waals surface area contributed by atoms with Gasteiger partial charge in [0.15, 0.2) is 0 Å². The van der Waals surface area contributed by atoms with E-state index in [0.717, 1.165) is 10.6 Å². The van der Waals surface area contributed by atoms with E-state index in [1.54, 1.807) is 54.6 Å². The van der Waals surface area contributed by atoms with Crippen molar-refractivity contribution in [3.63, 3.8) is 0 Å². The number of hydrogen-bond donors (Lipinski definition) is 2. The normalized spacial score (nSPS) is 12.6. The highest BCUT2D eigenvalue weighted by atomic mass is 35.5. The molecule has 0 aliphatic carbocycles. The molecule has 1 aromatic heterocycles. The van der Waals surface area contributed by atoms with Gasteiger partial charge in [-0.05, 0) is 48.5 Å². The molecule has 2 heterocycles. The van der Waals surface area contributed by atoms with Crippen molar-refractivity contribution in [3.8, 4) is 12.3 Å². The molecule has 0 saturated carbocycles. The largest absolute Gasteiger partial charge is 0.340 e. The van der Waals surface area contributed by atoms with Crippen molar-refractivity contribution < 1.29 is 18.0 Å². The van der Waals surface area contributed by atoms with Crippen LogP contribution in [-0.2, 0) is 10.0 Å². The zero-order valence-corrected chi connectivity index (χ0v) is 20.8. The number of nitrogens with one attached hydrogen (secondary N) is 2. The minimum absolute atomic E-state index is 0. The molecule has 0 spiro atoms. The van der Waals surface area contributed by atoms with Crippen molar-refractivity contribution in [1.82, 2.24) is 14.9 Å². The van der Waals surface area contributed by atoms with Crippen LogP contribution in [0.5, 0.6) is 0 Å². The van der Waals surface area contributed by atoms with Crippen LogP contribution in [0.15, 0.2) is 73.1 Å². The third-order valence-electron chi connectivity index (χ3n) is 5.66. The molecule has 11 heteroatoms. The first kappa shape index (κ1) is 25.6. The summed E-state index contributed by atoms with van der Waals surface area (Å²) in [5.41, 5.74) is 2.86. The summed E-state index contributed by atoms with van der Waals surface area (Å²) in [4.78, 5) is 34.5. The van der Waals surface area contributed by atoms with Crippen LogP contribution in [0.2, 0.25) is 0 Å². The van der Waals surface area contributed by atoms with Gasteiger partial charge in [0, 0.05) is 28.9 Å². The highest BCUT2D eigenvalue weighted by Crippen LogP contribution is 2.27. The summed E-state index contributed by atoms with van der Waals surface area (Å²) in [5.74, 6) is 1.59. The Morgan fingerprint density at radius 3 is 2.32 bits per heavy atom. The van der Waals surface area contributed by atoms with Gasteiger partial charge in [0.05, 0.1) is 22.4 Å². The number of imide groups is 1. The first-order valence-corrected chi connectivity index (χ1v) is 12.5. The Kier molecular flexibility index (Phi) is 7.11. The minimum Gasteiger partial charge on any atom is -0.340 e. The SMILES string of the molecule is C#Cc1cccc(Nc2ncnc3ccc(NS(=O)(=O)CCN4C(=O)c5ccccc5C4=O)cc23)c1.Cl. The summed E-state index contributed by atoms with van der Waals surface area (Å²) < 4.78 is 28.1. The van der Waals surface area contributed by atoms with Crippen LogP contribution < -0.4 is 10.0 Å². The summed E-state index contributed by atoms with van der Waals surface area (Å²) in [6.45, 7) is -0.267. The van der Waals surface area contributed by atoms with Crippen LogP contribution in [-0.4, -0.2) is 47.4 Å². The van der Waals surface area contributed by atoms with E-state index in [1.165, 1.54) is 6.33 Å². The van der Waals surface area contributed by atoms with Crippen LogP contribution >= 0.6 is 12.4 Å². The smallest absolute Gasteiger partial charge is 0.261 e. The molecule has 0 atom stereocenters. The van der Waals surface area contributed by atoms with Crippen LogP contribution in [0, 0.1) is 12.3 Å². The van der Waals surface area contributed by atoms with E-state index in [1.807, 2.05) is 12.1 Å². The Morgan fingerprint density at radius 2 is 1.62 bits per heavy atom. The van der Waals surface area contributed by atoms with E-state index in [4.69, 9.17) is 6.42 Å². The van der Waals surface area contributed by atoms with Crippen LogP contribution in [0.25, 0.3) is 10.9 Å². The number of sulfonamides is 1. The van der Waals surface area contributed by atoms with E-state index in [2.05, 4.69) is 25.9 Å². The molecule has 0 radical (unpaired) electrons. The van der Waals surface area contributed by atoms with E-state index in [-0.39, 0.29) is 30.1 Å². The lowest BCUT2D eigenvalue weighted by Crippen LogP contribution is -2.35. The first-order valence-electron chi connectivity index (χ1n) is 10.9. The molecule has 5 rings (SSSR count). The summed E-state index contributed by atoms with van der Waals surface area (Å²) in [7, 11) is -3.89. The Hall–Kier alpha value is -4.46. The fraction of sp³-hybridized carbons (Fsp3) is 0.0769. The fourth-order valence-corrected chi connectivity index (χ4v) is 4.94. The number of amides is 2. The van der Waals surface area contributed by atoms with Gasteiger partial charge in [0.2, 0.25) is 10.0 Å². The van der Waals surface area contributed by atoms with E-state index in [9.17, 15) is 18.0 Å².